The van der Waals surface area contributed by atoms with E-state index in [4.69, 9.17) is 0 Å². The molecule has 2 unspecified atom stereocenters. The number of rotatable bonds is 6. The predicted octanol–water partition coefficient (Wildman–Crippen LogP) is 1.76. The molecule has 0 aliphatic carbocycles. The number of hydrogen-bond donors (Lipinski definition) is 1. The highest BCUT2D eigenvalue weighted by atomic mass is 32.2. The summed E-state index contributed by atoms with van der Waals surface area (Å²) in [6.07, 6.45) is 1.35. The van der Waals surface area contributed by atoms with Crippen LogP contribution in [0.15, 0.2) is 30.3 Å². The minimum absolute atomic E-state index is 0.103. The first-order valence-corrected chi connectivity index (χ1v) is 10.4. The van der Waals surface area contributed by atoms with E-state index >= 15 is 0 Å². The molecule has 1 aliphatic rings. The largest absolute Gasteiger partial charge is 0.315 e. The zero-order valence-corrected chi connectivity index (χ0v) is 14.3. The Balaban J connectivity index is 2.29. The highest BCUT2D eigenvalue weighted by Gasteiger charge is 2.35. The first kappa shape index (κ1) is 16.8. The van der Waals surface area contributed by atoms with Crippen molar-refractivity contribution < 1.29 is 8.42 Å². The van der Waals surface area contributed by atoms with Crippen LogP contribution in [0, 0.1) is 0 Å². The molecule has 0 saturated carbocycles. The molecule has 6 heteroatoms. The summed E-state index contributed by atoms with van der Waals surface area (Å²) in [5.41, 5.74) is 1.18. The zero-order valence-electron chi connectivity index (χ0n) is 12.7. The third-order valence-electron chi connectivity index (χ3n) is 3.79. The van der Waals surface area contributed by atoms with Crippen LogP contribution in [0.1, 0.15) is 18.5 Å². The van der Waals surface area contributed by atoms with Crippen LogP contribution in [-0.4, -0.2) is 56.1 Å². The van der Waals surface area contributed by atoms with Gasteiger partial charge in [-0.05, 0) is 12.1 Å². The Morgan fingerprint density at radius 2 is 2.10 bits per heavy atom. The van der Waals surface area contributed by atoms with Gasteiger partial charge < -0.3 is 5.32 Å². The molecular weight excluding hydrogens is 304 g/mol. The lowest BCUT2D eigenvalue weighted by Crippen LogP contribution is -2.50. The molecule has 2 atom stereocenters. The third-order valence-corrected chi connectivity index (χ3v) is 6.45. The van der Waals surface area contributed by atoms with Crippen molar-refractivity contribution in [2.75, 3.05) is 37.4 Å². The van der Waals surface area contributed by atoms with E-state index in [1.165, 1.54) is 11.8 Å². The van der Waals surface area contributed by atoms with E-state index in [2.05, 4.69) is 29.3 Å². The lowest BCUT2D eigenvalue weighted by Gasteiger charge is -2.40. The minimum atomic E-state index is -3.08. The highest BCUT2D eigenvalue weighted by Crippen LogP contribution is 2.29. The Labute approximate surface area is 132 Å². The Kier molecular flexibility index (Phi) is 6.10. The van der Waals surface area contributed by atoms with E-state index in [0.29, 0.717) is 5.75 Å². The van der Waals surface area contributed by atoms with Gasteiger partial charge in [0, 0.05) is 36.9 Å². The van der Waals surface area contributed by atoms with Gasteiger partial charge in [-0.25, -0.2) is 8.42 Å². The summed E-state index contributed by atoms with van der Waals surface area (Å²) >= 11 is 1.73. The van der Waals surface area contributed by atoms with Crippen molar-refractivity contribution in [3.63, 3.8) is 0 Å². The quantitative estimate of drug-likeness (QED) is 0.862. The van der Waals surface area contributed by atoms with E-state index in [1.807, 2.05) is 18.2 Å². The maximum Gasteiger partial charge on any atom is 0.164 e. The number of hydrogen-bond acceptors (Lipinski definition) is 5. The first-order chi connectivity index (χ1) is 10.0. The number of thioether (sulfide) groups is 1. The van der Waals surface area contributed by atoms with E-state index < -0.39 is 9.84 Å². The summed E-state index contributed by atoms with van der Waals surface area (Å²) in [5, 5.41) is 2.98. The van der Waals surface area contributed by atoms with Crippen molar-refractivity contribution in [2.45, 2.75) is 18.3 Å². The fraction of sp³-hybridized carbons (Fsp3) is 0.600. The van der Waals surface area contributed by atoms with Crippen LogP contribution < -0.4 is 5.32 Å². The second-order valence-corrected chi connectivity index (χ2v) is 8.68. The fourth-order valence-electron chi connectivity index (χ4n) is 2.70. The van der Waals surface area contributed by atoms with Crippen LogP contribution in [0.5, 0.6) is 0 Å². The SMILES string of the molecule is CCNCC(c1ccccc1)N1CCSCC1S(C)(=O)=O. The van der Waals surface area contributed by atoms with Crippen molar-refractivity contribution in [3.05, 3.63) is 35.9 Å². The van der Waals surface area contributed by atoms with E-state index in [0.717, 1.165) is 25.4 Å². The van der Waals surface area contributed by atoms with Crippen LogP contribution in [-0.2, 0) is 9.84 Å². The van der Waals surface area contributed by atoms with Gasteiger partial charge in [0.2, 0.25) is 0 Å². The lowest BCUT2D eigenvalue weighted by atomic mass is 10.1. The van der Waals surface area contributed by atoms with Crippen LogP contribution in [0.4, 0.5) is 0 Å². The summed E-state index contributed by atoms with van der Waals surface area (Å²) in [5.74, 6) is 1.65. The number of nitrogens with one attached hydrogen (secondary N) is 1. The second-order valence-electron chi connectivity index (χ2n) is 5.33. The van der Waals surface area contributed by atoms with Crippen LogP contribution in [0.2, 0.25) is 0 Å². The van der Waals surface area contributed by atoms with Gasteiger partial charge in [-0.3, -0.25) is 4.90 Å². The number of benzene rings is 1. The molecule has 1 aromatic rings. The number of sulfone groups is 1. The molecule has 2 rings (SSSR count). The summed E-state index contributed by atoms with van der Waals surface area (Å²) < 4.78 is 24.3. The van der Waals surface area contributed by atoms with Crippen molar-refractivity contribution in [2.24, 2.45) is 0 Å². The van der Waals surface area contributed by atoms with E-state index in [1.54, 1.807) is 11.8 Å². The molecule has 118 valence electrons. The molecule has 0 bridgehead atoms. The molecule has 1 saturated heterocycles. The molecule has 1 fully saturated rings. The Morgan fingerprint density at radius 1 is 1.38 bits per heavy atom. The summed E-state index contributed by atoms with van der Waals surface area (Å²) in [4.78, 5) is 2.16. The van der Waals surface area contributed by atoms with Crippen molar-refractivity contribution in [1.82, 2.24) is 10.2 Å². The monoisotopic (exact) mass is 328 g/mol. The second kappa shape index (κ2) is 7.63. The summed E-state index contributed by atoms with van der Waals surface area (Å²) in [6.45, 7) is 4.54. The van der Waals surface area contributed by atoms with Gasteiger partial charge in [-0.2, -0.15) is 11.8 Å². The molecule has 0 spiro atoms. The van der Waals surface area contributed by atoms with Crippen molar-refractivity contribution in [3.8, 4) is 0 Å². The third kappa shape index (κ3) is 4.45. The van der Waals surface area contributed by atoms with Gasteiger partial charge in [-0.1, -0.05) is 37.3 Å². The van der Waals surface area contributed by atoms with E-state index in [9.17, 15) is 8.42 Å². The number of nitrogens with zero attached hydrogens (tertiary/aromatic N) is 1. The molecule has 21 heavy (non-hydrogen) atoms. The Hall–Kier alpha value is -0.560. The molecule has 4 nitrogen and oxygen atoms in total. The number of likely N-dealkylation sites (N-methyl/N-ethyl adjacent to an activating group) is 1. The van der Waals surface area contributed by atoms with Gasteiger partial charge in [0.25, 0.3) is 0 Å². The maximum atomic E-state index is 12.1. The minimum Gasteiger partial charge on any atom is -0.315 e. The average molecular weight is 329 g/mol. The van der Waals surface area contributed by atoms with Crippen LogP contribution in [0.25, 0.3) is 0 Å². The van der Waals surface area contributed by atoms with Gasteiger partial charge >= 0.3 is 0 Å². The van der Waals surface area contributed by atoms with Crippen molar-refractivity contribution in [1.29, 1.82) is 0 Å². The van der Waals surface area contributed by atoms with Gasteiger partial charge in [0.05, 0.1) is 0 Å². The van der Waals surface area contributed by atoms with E-state index in [-0.39, 0.29) is 11.4 Å². The van der Waals surface area contributed by atoms with Gasteiger partial charge in [0.1, 0.15) is 5.37 Å². The zero-order chi connectivity index (χ0) is 15.3. The van der Waals surface area contributed by atoms with Crippen molar-refractivity contribution >= 4 is 21.6 Å². The predicted molar refractivity (Wildman–Crippen MR) is 90.4 cm³/mol. The highest BCUT2D eigenvalue weighted by molar-refractivity contribution is 8.00. The Morgan fingerprint density at radius 3 is 2.71 bits per heavy atom. The molecule has 0 amide bonds. The standard InChI is InChI=1S/C15H24N2O2S2/c1-3-16-11-14(13-7-5-4-6-8-13)17-9-10-20-12-15(17)21(2,18)19/h4-8,14-16H,3,9-12H2,1-2H3. The van der Waals surface area contributed by atoms with Crippen LogP contribution in [0.3, 0.4) is 0 Å². The summed E-state index contributed by atoms with van der Waals surface area (Å²) in [6, 6.07) is 10.3. The molecule has 0 radical (unpaired) electrons. The fourth-order valence-corrected chi connectivity index (χ4v) is 5.62. The molecule has 1 N–H and O–H groups in total. The lowest BCUT2D eigenvalue weighted by molar-refractivity contribution is 0.189. The molecule has 1 heterocycles. The molecule has 1 aromatic carbocycles. The van der Waals surface area contributed by atoms with Gasteiger partial charge in [0.15, 0.2) is 9.84 Å². The molecule has 1 aliphatic heterocycles. The maximum absolute atomic E-state index is 12.1. The Bertz CT molecular complexity index is 534. The smallest absolute Gasteiger partial charge is 0.164 e. The normalized spacial score (nSPS) is 22.1. The molecule has 0 aromatic heterocycles. The molecular formula is C15H24N2O2S2. The summed E-state index contributed by atoms with van der Waals surface area (Å²) in [7, 11) is -3.08. The average Bonchev–Trinajstić information content (AvgIpc) is 2.48. The van der Waals surface area contributed by atoms with Gasteiger partial charge in [-0.15, -0.1) is 0 Å². The topological polar surface area (TPSA) is 49.4 Å². The van der Waals surface area contributed by atoms with Crippen LogP contribution >= 0.6 is 11.8 Å². The first-order valence-electron chi connectivity index (χ1n) is 7.32.